The lowest BCUT2D eigenvalue weighted by Crippen LogP contribution is -2.32. The number of unbranched alkanes of at least 4 members (excludes halogenated alkanes) is 9. The number of nitriles is 1. The molecule has 1 aliphatic heterocycles. The van der Waals surface area contributed by atoms with Crippen LogP contribution in [0.4, 0.5) is 0 Å². The molecule has 1 aliphatic rings. The van der Waals surface area contributed by atoms with E-state index in [1.165, 1.54) is 76.0 Å². The molecule has 170 valence electrons. The normalized spacial score (nSPS) is 15.8. The minimum absolute atomic E-state index is 0.0241. The summed E-state index contributed by atoms with van der Waals surface area (Å²) in [6.45, 7) is 4.83. The van der Waals surface area contributed by atoms with Gasteiger partial charge in [-0.05, 0) is 25.5 Å². The quantitative estimate of drug-likeness (QED) is 0.168. The predicted octanol–water partition coefficient (Wildman–Crippen LogP) is 7.58. The molecule has 0 bridgehead atoms. The van der Waals surface area contributed by atoms with Crippen LogP contribution in [-0.2, 0) is 4.79 Å². The molecule has 0 aromatic heterocycles. The van der Waals surface area contributed by atoms with E-state index in [1.807, 2.05) is 6.92 Å². The van der Waals surface area contributed by atoms with Gasteiger partial charge in [-0.1, -0.05) is 113 Å². The second-order valence-electron chi connectivity index (χ2n) is 7.88. The predicted molar refractivity (Wildman–Crippen MR) is 145 cm³/mol. The molecule has 1 atom stereocenters. The van der Waals surface area contributed by atoms with Crippen LogP contribution in [0, 0.1) is 11.3 Å². The average Bonchev–Trinajstić information content (AvgIpc) is 3.16. The Morgan fingerprint density at radius 2 is 1.77 bits per heavy atom. The fourth-order valence-corrected chi connectivity index (χ4v) is 7.40. The molecule has 1 unspecified atom stereocenters. The summed E-state index contributed by atoms with van der Waals surface area (Å²) in [5.41, 5.74) is 0. The Morgan fingerprint density at radius 1 is 1.17 bits per heavy atom. The van der Waals surface area contributed by atoms with E-state index < -0.39 is 4.75 Å². The maximum absolute atomic E-state index is 12.4. The highest BCUT2D eigenvalue weighted by Crippen LogP contribution is 2.35. The molecule has 3 nitrogen and oxygen atoms in total. The minimum Gasteiger partial charge on any atom is -0.297 e. The monoisotopic (exact) mass is 504 g/mol. The van der Waals surface area contributed by atoms with Crippen LogP contribution in [0.3, 0.4) is 0 Å². The van der Waals surface area contributed by atoms with Gasteiger partial charge < -0.3 is 0 Å². The number of nitrogens with zero attached hydrogens (tertiary/aromatic N) is 2. The summed E-state index contributed by atoms with van der Waals surface area (Å²) in [6.07, 6.45) is 14.1. The first-order valence-corrected chi connectivity index (χ1v) is 14.8. The maximum Gasteiger partial charge on any atom is 0.228 e. The molecule has 0 saturated carbocycles. The summed E-state index contributed by atoms with van der Waals surface area (Å²) in [7, 11) is 0. The van der Waals surface area contributed by atoms with E-state index in [1.54, 1.807) is 28.4 Å². The van der Waals surface area contributed by atoms with Crippen LogP contribution < -0.4 is 0 Å². The van der Waals surface area contributed by atoms with Gasteiger partial charge in [0.2, 0.25) is 5.91 Å². The zero-order valence-corrected chi connectivity index (χ0v) is 22.5. The third-order valence-corrected chi connectivity index (χ3v) is 9.42. The summed E-state index contributed by atoms with van der Waals surface area (Å²) in [5, 5.41) is 9.63. The Bertz CT molecular complexity index is 593. The van der Waals surface area contributed by atoms with Crippen LogP contribution in [0.5, 0.6) is 0 Å². The van der Waals surface area contributed by atoms with Crippen molar-refractivity contribution < 1.29 is 4.79 Å². The third kappa shape index (κ3) is 12.3. The first-order chi connectivity index (χ1) is 14.4. The molecule has 1 saturated heterocycles. The smallest absolute Gasteiger partial charge is 0.228 e. The molecule has 30 heavy (non-hydrogen) atoms. The Labute approximate surface area is 207 Å². The minimum atomic E-state index is -0.661. The standard InChI is InChI=1S/C22H36N2OS5/c1-3-4-5-6-7-8-9-10-11-12-16-29-21(27)30-22(2,18-23)14-13-19(25)24-15-17-28-20(24)26/h3-17H2,1-2H3. The second-order valence-corrected chi connectivity index (χ2v) is 13.4. The number of hydrogen-bond acceptors (Lipinski definition) is 7. The van der Waals surface area contributed by atoms with E-state index in [4.69, 9.17) is 24.4 Å². The Morgan fingerprint density at radius 3 is 2.30 bits per heavy atom. The summed E-state index contributed by atoms with van der Waals surface area (Å²) >= 11 is 15.4. The second kappa shape index (κ2) is 16.8. The zero-order chi connectivity index (χ0) is 22.2. The van der Waals surface area contributed by atoms with Gasteiger partial charge in [0.05, 0.1) is 6.07 Å². The van der Waals surface area contributed by atoms with Crippen LogP contribution in [0.1, 0.15) is 90.9 Å². The van der Waals surface area contributed by atoms with Gasteiger partial charge in [-0.15, -0.1) is 11.8 Å². The largest absolute Gasteiger partial charge is 0.297 e. The van der Waals surface area contributed by atoms with Gasteiger partial charge in [0.1, 0.15) is 12.6 Å². The van der Waals surface area contributed by atoms with Crippen molar-refractivity contribution >= 4 is 73.5 Å². The van der Waals surface area contributed by atoms with Gasteiger partial charge in [-0.3, -0.25) is 9.69 Å². The Kier molecular flexibility index (Phi) is 15.8. The van der Waals surface area contributed by atoms with Crippen LogP contribution >= 0.6 is 59.7 Å². The molecule has 1 amide bonds. The highest BCUT2D eigenvalue weighted by atomic mass is 32.2. The van der Waals surface area contributed by atoms with Gasteiger partial charge in [0.25, 0.3) is 0 Å². The fraction of sp³-hybridized carbons (Fsp3) is 0.818. The van der Waals surface area contributed by atoms with Crippen molar-refractivity contribution in [2.75, 3.05) is 18.1 Å². The van der Waals surface area contributed by atoms with E-state index in [-0.39, 0.29) is 5.91 Å². The van der Waals surface area contributed by atoms with Crippen LogP contribution in [0.2, 0.25) is 0 Å². The lowest BCUT2D eigenvalue weighted by Gasteiger charge is -2.22. The van der Waals surface area contributed by atoms with Gasteiger partial charge in [0, 0.05) is 18.7 Å². The number of hydrogen-bond donors (Lipinski definition) is 0. The van der Waals surface area contributed by atoms with Crippen molar-refractivity contribution in [3.63, 3.8) is 0 Å². The Balaban J connectivity index is 2.12. The van der Waals surface area contributed by atoms with E-state index >= 15 is 0 Å². The molecule has 1 rings (SSSR count). The molecule has 0 aromatic carbocycles. The van der Waals surface area contributed by atoms with Crippen molar-refractivity contribution in [2.45, 2.75) is 95.6 Å². The first kappa shape index (κ1) is 28.2. The number of amides is 1. The lowest BCUT2D eigenvalue weighted by atomic mass is 10.1. The number of thioether (sulfide) groups is 3. The molecule has 0 spiro atoms. The number of thiocarbonyl (C=S) groups is 2. The van der Waals surface area contributed by atoms with Gasteiger partial charge in [-0.2, -0.15) is 5.26 Å². The van der Waals surface area contributed by atoms with E-state index in [0.29, 0.717) is 23.7 Å². The van der Waals surface area contributed by atoms with Crippen LogP contribution in [-0.4, -0.2) is 41.5 Å². The molecule has 1 fully saturated rings. The maximum atomic E-state index is 12.4. The molecular formula is C22H36N2OS5. The van der Waals surface area contributed by atoms with Crippen LogP contribution in [0.25, 0.3) is 0 Å². The van der Waals surface area contributed by atoms with Crippen molar-refractivity contribution in [1.29, 1.82) is 5.26 Å². The molecule has 0 N–H and O–H groups in total. The molecule has 0 aromatic rings. The molecule has 0 radical (unpaired) electrons. The highest BCUT2D eigenvalue weighted by molar-refractivity contribution is 8.47. The Hall–Kier alpha value is 0.190. The summed E-state index contributed by atoms with van der Waals surface area (Å²) in [5.74, 6) is 1.91. The lowest BCUT2D eigenvalue weighted by molar-refractivity contribution is -0.127. The van der Waals surface area contributed by atoms with Crippen molar-refractivity contribution in [2.24, 2.45) is 0 Å². The summed E-state index contributed by atoms with van der Waals surface area (Å²) in [6, 6.07) is 2.36. The molecule has 1 heterocycles. The summed E-state index contributed by atoms with van der Waals surface area (Å²) in [4.78, 5) is 14.0. The van der Waals surface area contributed by atoms with E-state index in [0.717, 1.165) is 15.0 Å². The van der Waals surface area contributed by atoms with E-state index in [9.17, 15) is 10.1 Å². The molecule has 8 heteroatoms. The SMILES string of the molecule is CCCCCCCCCCCCSC(=S)SC(C)(C#N)CCC(=O)N1CCSC1=S. The molecule has 0 aliphatic carbocycles. The number of carbonyl (C=O) groups excluding carboxylic acids is 1. The number of carbonyl (C=O) groups is 1. The van der Waals surface area contributed by atoms with Crippen molar-refractivity contribution in [3.05, 3.63) is 0 Å². The number of rotatable bonds is 15. The van der Waals surface area contributed by atoms with Gasteiger partial charge in [0.15, 0.2) is 0 Å². The topological polar surface area (TPSA) is 44.1 Å². The van der Waals surface area contributed by atoms with Crippen molar-refractivity contribution in [3.8, 4) is 6.07 Å². The summed E-state index contributed by atoms with van der Waals surface area (Å²) < 4.78 is 0.815. The fourth-order valence-electron chi connectivity index (χ4n) is 3.19. The molecular weight excluding hydrogens is 469 g/mol. The average molecular weight is 505 g/mol. The van der Waals surface area contributed by atoms with Crippen molar-refractivity contribution in [1.82, 2.24) is 4.90 Å². The highest BCUT2D eigenvalue weighted by Gasteiger charge is 2.30. The van der Waals surface area contributed by atoms with E-state index in [2.05, 4.69) is 13.0 Å². The van der Waals surface area contributed by atoms with Gasteiger partial charge in [-0.25, -0.2) is 0 Å². The third-order valence-electron chi connectivity index (χ3n) is 5.14. The van der Waals surface area contributed by atoms with Gasteiger partial charge >= 0.3 is 0 Å². The first-order valence-electron chi connectivity index (χ1n) is 11.2. The zero-order valence-electron chi connectivity index (χ0n) is 18.5. The van der Waals surface area contributed by atoms with Crippen LogP contribution in [0.15, 0.2) is 0 Å².